The lowest BCUT2D eigenvalue weighted by molar-refractivity contribution is 0.0682. The Hall–Kier alpha value is -2.57. The van der Waals surface area contributed by atoms with Gasteiger partial charge in [-0.05, 0) is 59.6 Å². The Kier molecular flexibility index (Phi) is 6.46. The second kappa shape index (κ2) is 8.41. The third kappa shape index (κ3) is 3.91. The maximum atomic E-state index is 11.8. The van der Waals surface area contributed by atoms with Crippen LogP contribution in [0.3, 0.4) is 0 Å². The summed E-state index contributed by atoms with van der Waals surface area (Å²) in [6.45, 7) is -0.291. The molecule has 2 aromatic carbocycles. The van der Waals surface area contributed by atoms with Crippen molar-refractivity contribution in [3.8, 4) is 0 Å². The minimum absolute atomic E-state index is 0. The number of halogens is 1. The van der Waals surface area contributed by atoms with Gasteiger partial charge in [0.15, 0.2) is 0 Å². The molecule has 0 aliphatic heterocycles. The number of carboxylic acids is 2. The first-order valence-electron chi connectivity index (χ1n) is 8.52. The molecular weight excluding hydrogens is 370 g/mol. The summed E-state index contributed by atoms with van der Waals surface area (Å²) >= 11 is 0. The average molecular weight is 392 g/mol. The molecule has 144 valence electrons. The third-order valence-electron chi connectivity index (χ3n) is 5.16. The standard InChI is InChI=1S/C20H21NO5.ClH/c21-17-9-11(10-22)8-16(20(25)26)18(17)14-7-3-6-12(14)13-4-1-2-5-15(13)19(23)24;/h1-2,4-5,8-9,12,14,22H,3,6-7,10,21H2,(H,23,24)(H,25,26);1H. The maximum Gasteiger partial charge on any atom is 0.336 e. The molecule has 0 amide bonds. The molecule has 1 fully saturated rings. The molecule has 0 heterocycles. The number of nitrogen functional groups attached to an aromatic ring is 1. The van der Waals surface area contributed by atoms with Crippen LogP contribution >= 0.6 is 12.4 Å². The number of benzene rings is 2. The van der Waals surface area contributed by atoms with Gasteiger partial charge in [0.1, 0.15) is 0 Å². The summed E-state index contributed by atoms with van der Waals surface area (Å²) in [5, 5.41) is 28.5. The Balaban J connectivity index is 0.00000261. The van der Waals surface area contributed by atoms with Crippen LogP contribution in [-0.2, 0) is 6.61 Å². The molecule has 5 N–H and O–H groups in total. The van der Waals surface area contributed by atoms with Gasteiger partial charge in [0.2, 0.25) is 0 Å². The topological polar surface area (TPSA) is 121 Å². The van der Waals surface area contributed by atoms with E-state index in [0.717, 1.165) is 19.3 Å². The zero-order valence-corrected chi connectivity index (χ0v) is 15.4. The molecule has 0 saturated heterocycles. The van der Waals surface area contributed by atoms with Crippen molar-refractivity contribution in [3.63, 3.8) is 0 Å². The molecule has 3 rings (SSSR count). The highest BCUT2D eigenvalue weighted by atomic mass is 35.5. The molecule has 2 atom stereocenters. The molecule has 0 bridgehead atoms. The molecule has 27 heavy (non-hydrogen) atoms. The van der Waals surface area contributed by atoms with Gasteiger partial charge in [-0.2, -0.15) is 0 Å². The van der Waals surface area contributed by atoms with E-state index in [-0.39, 0.29) is 42.0 Å². The minimum Gasteiger partial charge on any atom is -0.478 e. The lowest BCUT2D eigenvalue weighted by Gasteiger charge is -2.25. The summed E-state index contributed by atoms with van der Waals surface area (Å²) in [5.41, 5.74) is 8.52. The number of aromatic carboxylic acids is 2. The van der Waals surface area contributed by atoms with Gasteiger partial charge in [0.25, 0.3) is 0 Å². The summed E-state index contributed by atoms with van der Waals surface area (Å²) in [5.74, 6) is -2.37. The largest absolute Gasteiger partial charge is 0.478 e. The number of carboxylic acid groups (broad SMARTS) is 2. The van der Waals surface area contributed by atoms with Crippen molar-refractivity contribution in [1.82, 2.24) is 0 Å². The van der Waals surface area contributed by atoms with E-state index in [1.165, 1.54) is 6.07 Å². The quantitative estimate of drug-likeness (QED) is 0.577. The first-order valence-corrected chi connectivity index (χ1v) is 8.52. The van der Waals surface area contributed by atoms with E-state index in [2.05, 4.69) is 0 Å². The van der Waals surface area contributed by atoms with E-state index in [4.69, 9.17) is 5.73 Å². The van der Waals surface area contributed by atoms with Crippen molar-refractivity contribution >= 4 is 30.0 Å². The second-order valence-electron chi connectivity index (χ2n) is 6.65. The number of carbonyl (C=O) groups is 2. The van der Waals surface area contributed by atoms with Gasteiger partial charge in [-0.1, -0.05) is 24.6 Å². The number of anilines is 1. The number of aliphatic hydroxyl groups is 1. The predicted octanol–water partition coefficient (Wildman–Crippen LogP) is 3.63. The third-order valence-corrected chi connectivity index (χ3v) is 5.16. The van der Waals surface area contributed by atoms with Gasteiger partial charge in [0.05, 0.1) is 17.7 Å². The summed E-state index contributed by atoms with van der Waals surface area (Å²) in [7, 11) is 0. The number of aliphatic hydroxyl groups excluding tert-OH is 1. The highest BCUT2D eigenvalue weighted by Crippen LogP contribution is 2.49. The molecule has 2 unspecified atom stereocenters. The van der Waals surface area contributed by atoms with E-state index in [9.17, 15) is 24.9 Å². The predicted molar refractivity (Wildman–Crippen MR) is 104 cm³/mol. The summed E-state index contributed by atoms with van der Waals surface area (Å²) in [6.07, 6.45) is 2.38. The van der Waals surface area contributed by atoms with Crippen LogP contribution in [0.5, 0.6) is 0 Å². The normalized spacial score (nSPS) is 18.7. The van der Waals surface area contributed by atoms with Crippen LogP contribution in [0.25, 0.3) is 0 Å². The van der Waals surface area contributed by atoms with Crippen LogP contribution in [0.4, 0.5) is 5.69 Å². The van der Waals surface area contributed by atoms with Crippen LogP contribution in [-0.4, -0.2) is 27.3 Å². The lowest BCUT2D eigenvalue weighted by atomic mass is 9.79. The van der Waals surface area contributed by atoms with E-state index in [1.807, 2.05) is 0 Å². The fourth-order valence-corrected chi connectivity index (χ4v) is 4.11. The van der Waals surface area contributed by atoms with Gasteiger partial charge in [-0.3, -0.25) is 0 Å². The molecule has 1 aliphatic carbocycles. The molecular formula is C20H22ClNO5. The monoisotopic (exact) mass is 391 g/mol. The Morgan fingerprint density at radius 1 is 1.00 bits per heavy atom. The summed E-state index contributed by atoms with van der Waals surface area (Å²) < 4.78 is 0. The fourth-order valence-electron chi connectivity index (χ4n) is 4.11. The second-order valence-corrected chi connectivity index (χ2v) is 6.65. The summed E-state index contributed by atoms with van der Waals surface area (Å²) in [4.78, 5) is 23.4. The fraction of sp³-hybridized carbons (Fsp3) is 0.300. The molecule has 7 heteroatoms. The SMILES string of the molecule is Cl.Nc1cc(CO)cc(C(=O)O)c1C1CCCC1c1ccccc1C(=O)O. The Labute approximate surface area is 163 Å². The van der Waals surface area contributed by atoms with Crippen molar-refractivity contribution in [3.05, 3.63) is 64.2 Å². The molecule has 6 nitrogen and oxygen atoms in total. The van der Waals surface area contributed by atoms with E-state index in [1.54, 1.807) is 30.3 Å². The van der Waals surface area contributed by atoms with Crippen molar-refractivity contribution in [2.24, 2.45) is 0 Å². The van der Waals surface area contributed by atoms with Crippen LogP contribution in [0.15, 0.2) is 36.4 Å². The van der Waals surface area contributed by atoms with E-state index in [0.29, 0.717) is 22.4 Å². The van der Waals surface area contributed by atoms with Crippen LogP contribution in [0.1, 0.15) is 68.5 Å². The molecule has 1 saturated carbocycles. The van der Waals surface area contributed by atoms with Gasteiger partial charge < -0.3 is 21.1 Å². The van der Waals surface area contributed by atoms with Gasteiger partial charge in [-0.25, -0.2) is 9.59 Å². The molecule has 2 aromatic rings. The lowest BCUT2D eigenvalue weighted by Crippen LogP contribution is -2.16. The molecule has 0 spiro atoms. The Morgan fingerprint density at radius 3 is 2.26 bits per heavy atom. The van der Waals surface area contributed by atoms with Crippen LogP contribution in [0.2, 0.25) is 0 Å². The van der Waals surface area contributed by atoms with Gasteiger partial charge >= 0.3 is 11.9 Å². The van der Waals surface area contributed by atoms with Gasteiger partial charge in [0, 0.05) is 5.69 Å². The summed E-state index contributed by atoms with van der Waals surface area (Å²) in [6, 6.07) is 9.90. The zero-order valence-electron chi connectivity index (χ0n) is 14.6. The Morgan fingerprint density at radius 2 is 1.63 bits per heavy atom. The van der Waals surface area contributed by atoms with Crippen LogP contribution in [0, 0.1) is 0 Å². The molecule has 0 radical (unpaired) electrons. The number of hydrogen-bond donors (Lipinski definition) is 4. The van der Waals surface area contributed by atoms with Crippen molar-refractivity contribution in [2.75, 3.05) is 5.73 Å². The smallest absolute Gasteiger partial charge is 0.336 e. The highest BCUT2D eigenvalue weighted by Gasteiger charge is 2.35. The van der Waals surface area contributed by atoms with Crippen LogP contribution < -0.4 is 5.73 Å². The zero-order chi connectivity index (χ0) is 18.8. The highest BCUT2D eigenvalue weighted by molar-refractivity contribution is 5.92. The first kappa shape index (κ1) is 20.7. The number of hydrogen-bond acceptors (Lipinski definition) is 4. The first-order chi connectivity index (χ1) is 12.4. The minimum atomic E-state index is -1.10. The van der Waals surface area contributed by atoms with E-state index >= 15 is 0 Å². The molecule has 0 aromatic heterocycles. The van der Waals surface area contributed by atoms with Crippen molar-refractivity contribution < 1.29 is 24.9 Å². The average Bonchev–Trinajstić information content (AvgIpc) is 3.09. The van der Waals surface area contributed by atoms with Crippen molar-refractivity contribution in [1.29, 1.82) is 0 Å². The van der Waals surface area contributed by atoms with Crippen molar-refractivity contribution in [2.45, 2.75) is 37.7 Å². The maximum absolute atomic E-state index is 11.8. The van der Waals surface area contributed by atoms with Gasteiger partial charge in [-0.15, -0.1) is 12.4 Å². The number of nitrogens with two attached hydrogens (primary N) is 1. The molecule has 1 aliphatic rings. The van der Waals surface area contributed by atoms with E-state index < -0.39 is 11.9 Å². The number of rotatable bonds is 5. The Bertz CT molecular complexity index is 867.